The van der Waals surface area contributed by atoms with Crippen molar-refractivity contribution in [3.05, 3.63) is 41.5 Å². The highest BCUT2D eigenvalue weighted by Crippen LogP contribution is 2.34. The Morgan fingerprint density at radius 1 is 1.15 bits per heavy atom. The van der Waals surface area contributed by atoms with E-state index < -0.39 is 0 Å². The van der Waals surface area contributed by atoms with Crippen molar-refractivity contribution in [1.82, 2.24) is 19.4 Å². The van der Waals surface area contributed by atoms with Crippen molar-refractivity contribution in [2.45, 2.75) is 38.9 Å². The monoisotopic (exact) mass is 368 g/mol. The minimum atomic E-state index is 0.0731. The lowest BCUT2D eigenvalue weighted by Crippen LogP contribution is -2.36. The van der Waals surface area contributed by atoms with Crippen LogP contribution >= 0.6 is 0 Å². The molecule has 1 aromatic carbocycles. The fraction of sp³-hybridized carbons (Fsp3) is 0.500. The minimum absolute atomic E-state index is 0.0731. The van der Waals surface area contributed by atoms with Gasteiger partial charge >= 0.3 is 0 Å². The Balaban J connectivity index is 1.33. The fourth-order valence-corrected chi connectivity index (χ4v) is 4.21. The van der Waals surface area contributed by atoms with Crippen molar-refractivity contribution in [1.29, 1.82) is 0 Å². The van der Waals surface area contributed by atoms with E-state index in [9.17, 15) is 4.79 Å². The van der Waals surface area contributed by atoms with Crippen LogP contribution in [0.25, 0.3) is 0 Å². The number of hydrogen-bond acceptors (Lipinski definition) is 5. The number of benzene rings is 1. The zero-order chi connectivity index (χ0) is 18.4. The average Bonchev–Trinajstić information content (AvgIpc) is 3.43. The van der Waals surface area contributed by atoms with Gasteiger partial charge in [0.05, 0.1) is 6.04 Å². The van der Waals surface area contributed by atoms with Gasteiger partial charge in [0.2, 0.25) is 6.79 Å². The van der Waals surface area contributed by atoms with E-state index in [0.29, 0.717) is 12.5 Å². The first-order valence-corrected chi connectivity index (χ1v) is 9.68. The average molecular weight is 368 g/mol. The Morgan fingerprint density at radius 2 is 1.96 bits per heavy atom. The zero-order valence-electron chi connectivity index (χ0n) is 15.6. The third kappa shape index (κ3) is 2.96. The minimum Gasteiger partial charge on any atom is -0.454 e. The third-order valence-corrected chi connectivity index (χ3v) is 5.79. The number of carbonyl (C=O) groups excluding carboxylic acids is 1. The smallest absolute Gasteiger partial charge is 0.274 e. The Labute approximate surface area is 158 Å². The molecule has 142 valence electrons. The van der Waals surface area contributed by atoms with E-state index in [-0.39, 0.29) is 11.9 Å². The van der Waals surface area contributed by atoms with E-state index in [1.165, 1.54) is 5.56 Å². The molecule has 1 amide bonds. The lowest BCUT2D eigenvalue weighted by molar-refractivity contribution is 0.0787. The molecular formula is C20H24N4O3. The summed E-state index contributed by atoms with van der Waals surface area (Å²) in [7, 11) is 0. The van der Waals surface area contributed by atoms with Crippen molar-refractivity contribution < 1.29 is 14.3 Å². The van der Waals surface area contributed by atoms with Gasteiger partial charge in [0.1, 0.15) is 11.5 Å². The zero-order valence-corrected chi connectivity index (χ0v) is 15.6. The Morgan fingerprint density at radius 3 is 2.81 bits per heavy atom. The van der Waals surface area contributed by atoms with E-state index in [0.717, 1.165) is 62.9 Å². The maximum Gasteiger partial charge on any atom is 0.274 e. The van der Waals surface area contributed by atoms with Crippen molar-refractivity contribution in [2.24, 2.45) is 0 Å². The van der Waals surface area contributed by atoms with Crippen LogP contribution in [0.15, 0.2) is 24.4 Å². The third-order valence-electron chi connectivity index (χ3n) is 5.79. The molecule has 3 aliphatic heterocycles. The number of amides is 1. The summed E-state index contributed by atoms with van der Waals surface area (Å²) in [6.45, 7) is 6.76. The van der Waals surface area contributed by atoms with Crippen molar-refractivity contribution >= 4 is 5.91 Å². The quantitative estimate of drug-likeness (QED) is 0.833. The first-order chi connectivity index (χ1) is 13.2. The molecule has 0 radical (unpaired) electrons. The molecule has 4 heterocycles. The second kappa shape index (κ2) is 6.56. The number of carbonyl (C=O) groups is 1. The first-order valence-electron chi connectivity index (χ1n) is 9.68. The molecule has 5 rings (SSSR count). The molecule has 2 aromatic rings. The molecule has 1 atom stereocenters. The van der Waals surface area contributed by atoms with Gasteiger partial charge in [-0.2, -0.15) is 0 Å². The second-order valence-electron chi connectivity index (χ2n) is 7.51. The molecule has 1 fully saturated rings. The number of nitrogens with zero attached hydrogens (tertiary/aromatic N) is 4. The summed E-state index contributed by atoms with van der Waals surface area (Å²) in [4.78, 5) is 21.7. The molecule has 0 aliphatic carbocycles. The van der Waals surface area contributed by atoms with Gasteiger partial charge in [-0.15, -0.1) is 0 Å². The van der Waals surface area contributed by atoms with Gasteiger partial charge in [0.15, 0.2) is 11.5 Å². The Bertz CT molecular complexity index is 872. The molecule has 0 saturated carbocycles. The lowest BCUT2D eigenvalue weighted by atomic mass is 10.1. The van der Waals surface area contributed by atoms with E-state index in [4.69, 9.17) is 14.5 Å². The maximum absolute atomic E-state index is 12.7. The molecule has 7 heteroatoms. The molecule has 0 unspecified atom stereocenters. The Hall–Kier alpha value is -2.54. The Kier molecular flexibility index (Phi) is 4.04. The first kappa shape index (κ1) is 16.6. The maximum atomic E-state index is 12.7. The van der Waals surface area contributed by atoms with E-state index >= 15 is 0 Å². The van der Waals surface area contributed by atoms with Crippen molar-refractivity contribution in [3.8, 4) is 11.5 Å². The predicted molar refractivity (Wildman–Crippen MR) is 98.8 cm³/mol. The van der Waals surface area contributed by atoms with Gasteiger partial charge in [0.25, 0.3) is 5.91 Å². The van der Waals surface area contributed by atoms with Crippen LogP contribution in [0.3, 0.4) is 0 Å². The topological polar surface area (TPSA) is 59.8 Å². The molecule has 27 heavy (non-hydrogen) atoms. The van der Waals surface area contributed by atoms with Crippen LogP contribution in [0.2, 0.25) is 0 Å². The molecule has 1 aromatic heterocycles. The summed E-state index contributed by atoms with van der Waals surface area (Å²) in [5.74, 6) is 2.68. The van der Waals surface area contributed by atoms with E-state index in [2.05, 4.69) is 28.5 Å². The molecule has 0 N–H and O–H groups in total. The highest BCUT2D eigenvalue weighted by Gasteiger charge is 2.29. The number of rotatable bonds is 3. The van der Waals surface area contributed by atoms with Crippen molar-refractivity contribution in [3.63, 3.8) is 0 Å². The summed E-state index contributed by atoms with van der Waals surface area (Å²) in [6.07, 6.45) is 4.13. The molecular weight excluding hydrogens is 344 g/mol. The largest absolute Gasteiger partial charge is 0.454 e. The summed E-state index contributed by atoms with van der Waals surface area (Å²) in [6, 6.07) is 6.27. The number of imidazole rings is 1. The number of aromatic nitrogens is 2. The van der Waals surface area contributed by atoms with Crippen LogP contribution in [0, 0.1) is 0 Å². The van der Waals surface area contributed by atoms with Gasteiger partial charge in [0, 0.05) is 38.9 Å². The van der Waals surface area contributed by atoms with Crippen LogP contribution in [0.4, 0.5) is 0 Å². The summed E-state index contributed by atoms with van der Waals surface area (Å²) in [5, 5.41) is 0. The fourth-order valence-electron chi connectivity index (χ4n) is 4.21. The lowest BCUT2D eigenvalue weighted by Gasteiger charge is -2.33. The van der Waals surface area contributed by atoms with Crippen LogP contribution in [0.5, 0.6) is 11.5 Å². The number of ether oxygens (including phenoxy) is 2. The molecule has 1 saturated heterocycles. The summed E-state index contributed by atoms with van der Waals surface area (Å²) >= 11 is 0. The van der Waals surface area contributed by atoms with Crippen LogP contribution in [-0.2, 0) is 13.1 Å². The van der Waals surface area contributed by atoms with Crippen LogP contribution in [-0.4, -0.2) is 51.7 Å². The molecule has 0 bridgehead atoms. The van der Waals surface area contributed by atoms with Crippen LogP contribution in [0.1, 0.15) is 47.7 Å². The highest BCUT2D eigenvalue weighted by atomic mass is 16.7. The summed E-state index contributed by atoms with van der Waals surface area (Å²) in [5.41, 5.74) is 1.78. The number of likely N-dealkylation sites (tertiary alicyclic amines) is 1. The SMILES string of the molecule is C[C@@H]1c2nc(C(=O)N3CCCC3)cn2CCN1Cc1ccc2c(c1)OCO2. The normalized spacial score (nSPS) is 21.5. The van der Waals surface area contributed by atoms with Crippen LogP contribution < -0.4 is 9.47 Å². The molecule has 0 spiro atoms. The van der Waals surface area contributed by atoms with Gasteiger partial charge in [-0.25, -0.2) is 4.98 Å². The second-order valence-corrected chi connectivity index (χ2v) is 7.51. The number of fused-ring (bicyclic) bond motifs is 2. The van der Waals surface area contributed by atoms with Gasteiger partial charge < -0.3 is 18.9 Å². The van der Waals surface area contributed by atoms with Crippen molar-refractivity contribution in [2.75, 3.05) is 26.4 Å². The standard InChI is InChI=1S/C20H24N4O3/c1-14-19-21-16(20(25)22-6-2-3-7-22)12-24(19)9-8-23(14)11-15-4-5-17-18(10-15)27-13-26-17/h4-5,10,12,14H,2-3,6-9,11,13H2,1H3/t14-/m1/s1. The number of hydrogen-bond donors (Lipinski definition) is 0. The molecule has 7 nitrogen and oxygen atoms in total. The van der Waals surface area contributed by atoms with Gasteiger partial charge in [-0.3, -0.25) is 9.69 Å². The molecule has 3 aliphatic rings. The predicted octanol–water partition coefficient (Wildman–Crippen LogP) is 2.42. The van der Waals surface area contributed by atoms with E-state index in [1.54, 1.807) is 0 Å². The van der Waals surface area contributed by atoms with E-state index in [1.807, 2.05) is 17.2 Å². The van der Waals surface area contributed by atoms with Gasteiger partial charge in [-0.1, -0.05) is 6.07 Å². The highest BCUT2D eigenvalue weighted by molar-refractivity contribution is 5.92. The summed E-state index contributed by atoms with van der Waals surface area (Å²) < 4.78 is 13.0. The van der Waals surface area contributed by atoms with Gasteiger partial charge in [-0.05, 0) is 37.5 Å².